The standard InChI is InChI=1S/C18H25N5O2/c1-12-5-4-6-16(20-12)19-10-15-7-8-23(11-15)14(3)18(24)21-17-9-13(2)22-25-17/h4-6,9,14-15H,7-8,10-11H2,1-3H3,(H,19,20)(H,21,24)/t14-,15+/m1/s1. The Balaban J connectivity index is 1.47. The summed E-state index contributed by atoms with van der Waals surface area (Å²) in [5.41, 5.74) is 1.76. The second-order valence-corrected chi connectivity index (χ2v) is 6.69. The molecule has 0 saturated carbocycles. The van der Waals surface area contributed by atoms with E-state index in [0.29, 0.717) is 11.8 Å². The van der Waals surface area contributed by atoms with Crippen LogP contribution in [0.5, 0.6) is 0 Å². The maximum absolute atomic E-state index is 12.4. The monoisotopic (exact) mass is 343 g/mol. The number of hydrogen-bond acceptors (Lipinski definition) is 6. The number of amides is 1. The highest BCUT2D eigenvalue weighted by Gasteiger charge is 2.29. The third kappa shape index (κ3) is 4.57. The van der Waals surface area contributed by atoms with Gasteiger partial charge in [0, 0.05) is 24.8 Å². The summed E-state index contributed by atoms with van der Waals surface area (Å²) in [6, 6.07) is 7.49. The molecule has 3 heterocycles. The first-order valence-electron chi connectivity index (χ1n) is 8.67. The molecule has 0 spiro atoms. The molecule has 0 unspecified atom stereocenters. The van der Waals surface area contributed by atoms with Gasteiger partial charge in [0.1, 0.15) is 5.82 Å². The molecule has 1 amide bonds. The number of nitrogens with zero attached hydrogens (tertiary/aromatic N) is 3. The van der Waals surface area contributed by atoms with Crippen LogP contribution in [0.25, 0.3) is 0 Å². The predicted molar refractivity (Wildman–Crippen MR) is 96.5 cm³/mol. The highest BCUT2D eigenvalue weighted by atomic mass is 16.5. The van der Waals surface area contributed by atoms with E-state index in [9.17, 15) is 4.79 Å². The average Bonchev–Trinajstić information content (AvgIpc) is 3.21. The van der Waals surface area contributed by atoms with E-state index in [0.717, 1.165) is 43.3 Å². The van der Waals surface area contributed by atoms with Crippen LogP contribution in [0.15, 0.2) is 28.8 Å². The largest absolute Gasteiger partial charge is 0.370 e. The van der Waals surface area contributed by atoms with Gasteiger partial charge in [0.15, 0.2) is 0 Å². The number of pyridine rings is 1. The fourth-order valence-electron chi connectivity index (χ4n) is 3.09. The van der Waals surface area contributed by atoms with Crippen LogP contribution in [0.3, 0.4) is 0 Å². The third-order valence-electron chi connectivity index (χ3n) is 4.58. The summed E-state index contributed by atoms with van der Waals surface area (Å²) >= 11 is 0. The number of nitrogens with one attached hydrogen (secondary N) is 2. The van der Waals surface area contributed by atoms with Gasteiger partial charge < -0.3 is 9.84 Å². The van der Waals surface area contributed by atoms with Crippen LogP contribution in [0, 0.1) is 19.8 Å². The lowest BCUT2D eigenvalue weighted by atomic mass is 10.1. The van der Waals surface area contributed by atoms with Gasteiger partial charge in [-0.05, 0) is 51.8 Å². The van der Waals surface area contributed by atoms with Crippen LogP contribution in [-0.2, 0) is 4.79 Å². The van der Waals surface area contributed by atoms with Crippen molar-refractivity contribution in [3.05, 3.63) is 35.7 Å². The molecule has 1 fully saturated rings. The number of hydrogen-bond donors (Lipinski definition) is 2. The molecule has 0 aliphatic carbocycles. The van der Waals surface area contributed by atoms with Crippen molar-refractivity contribution < 1.29 is 9.32 Å². The van der Waals surface area contributed by atoms with Gasteiger partial charge in [-0.3, -0.25) is 15.0 Å². The molecule has 1 aliphatic rings. The zero-order valence-corrected chi connectivity index (χ0v) is 15.0. The van der Waals surface area contributed by atoms with Crippen molar-refractivity contribution in [2.24, 2.45) is 5.92 Å². The highest BCUT2D eigenvalue weighted by Crippen LogP contribution is 2.20. The Kier molecular flexibility index (Phi) is 5.33. The van der Waals surface area contributed by atoms with E-state index < -0.39 is 0 Å². The molecule has 134 valence electrons. The Bertz CT molecular complexity index is 730. The van der Waals surface area contributed by atoms with Gasteiger partial charge in [0.2, 0.25) is 11.8 Å². The van der Waals surface area contributed by atoms with Gasteiger partial charge in [-0.2, -0.15) is 0 Å². The number of anilines is 2. The third-order valence-corrected chi connectivity index (χ3v) is 4.58. The lowest BCUT2D eigenvalue weighted by Gasteiger charge is -2.23. The smallest absolute Gasteiger partial charge is 0.243 e. The van der Waals surface area contributed by atoms with Crippen LogP contribution >= 0.6 is 0 Å². The summed E-state index contributed by atoms with van der Waals surface area (Å²) in [4.78, 5) is 19.0. The summed E-state index contributed by atoms with van der Waals surface area (Å²) in [6.45, 7) is 8.40. The normalized spacial score (nSPS) is 18.9. The van der Waals surface area contributed by atoms with Crippen molar-refractivity contribution in [2.75, 3.05) is 30.3 Å². The van der Waals surface area contributed by atoms with Crippen LogP contribution in [0.1, 0.15) is 24.7 Å². The van der Waals surface area contributed by atoms with E-state index in [1.165, 1.54) is 0 Å². The molecule has 7 nitrogen and oxygen atoms in total. The van der Waals surface area contributed by atoms with Gasteiger partial charge in [-0.25, -0.2) is 4.98 Å². The van der Waals surface area contributed by atoms with Gasteiger partial charge in [0.05, 0.1) is 11.7 Å². The minimum atomic E-state index is -0.201. The van der Waals surface area contributed by atoms with E-state index in [1.54, 1.807) is 6.07 Å². The van der Waals surface area contributed by atoms with Crippen molar-refractivity contribution in [2.45, 2.75) is 33.2 Å². The molecule has 7 heteroatoms. The Morgan fingerprint density at radius 2 is 2.24 bits per heavy atom. The van der Waals surface area contributed by atoms with Crippen molar-refractivity contribution in [3.63, 3.8) is 0 Å². The first-order chi connectivity index (χ1) is 12.0. The molecule has 3 rings (SSSR count). The van der Waals surface area contributed by atoms with Crippen LogP contribution < -0.4 is 10.6 Å². The highest BCUT2D eigenvalue weighted by molar-refractivity contribution is 5.93. The summed E-state index contributed by atoms with van der Waals surface area (Å²) in [5, 5.41) is 9.96. The molecule has 1 aliphatic heterocycles. The average molecular weight is 343 g/mol. The Labute approximate surface area is 147 Å². The first kappa shape index (κ1) is 17.4. The molecule has 2 aromatic heterocycles. The quantitative estimate of drug-likeness (QED) is 0.838. The fraction of sp³-hybridized carbons (Fsp3) is 0.500. The first-order valence-corrected chi connectivity index (χ1v) is 8.67. The zero-order valence-electron chi connectivity index (χ0n) is 15.0. The molecule has 2 aromatic rings. The minimum absolute atomic E-state index is 0.0647. The SMILES string of the molecule is Cc1cc(NC(=O)[C@@H](C)N2CC[C@@H](CNc3cccc(C)n3)C2)on1. The maximum atomic E-state index is 12.4. The number of likely N-dealkylation sites (tertiary alicyclic amines) is 1. The summed E-state index contributed by atoms with van der Waals surface area (Å²) in [6.07, 6.45) is 1.07. The number of aryl methyl sites for hydroxylation is 2. The molecule has 1 saturated heterocycles. The molecule has 2 atom stereocenters. The molecule has 0 bridgehead atoms. The van der Waals surface area contributed by atoms with E-state index in [2.05, 4.69) is 25.7 Å². The van der Waals surface area contributed by atoms with E-state index >= 15 is 0 Å². The van der Waals surface area contributed by atoms with E-state index in [1.807, 2.05) is 39.0 Å². The van der Waals surface area contributed by atoms with Crippen LogP contribution in [-0.4, -0.2) is 46.6 Å². The van der Waals surface area contributed by atoms with Crippen molar-refractivity contribution in [1.29, 1.82) is 0 Å². The van der Waals surface area contributed by atoms with Crippen LogP contribution in [0.4, 0.5) is 11.7 Å². The minimum Gasteiger partial charge on any atom is -0.370 e. The predicted octanol–water partition coefficient (Wildman–Crippen LogP) is 2.45. The molecule has 0 radical (unpaired) electrons. The Morgan fingerprint density at radius 1 is 1.40 bits per heavy atom. The maximum Gasteiger partial charge on any atom is 0.243 e. The van der Waals surface area contributed by atoms with Crippen LogP contribution in [0.2, 0.25) is 0 Å². The lowest BCUT2D eigenvalue weighted by Crippen LogP contribution is -2.41. The van der Waals surface area contributed by atoms with Gasteiger partial charge in [0.25, 0.3) is 0 Å². The van der Waals surface area contributed by atoms with Gasteiger partial charge in [-0.15, -0.1) is 0 Å². The second kappa shape index (κ2) is 7.65. The van der Waals surface area contributed by atoms with Crippen molar-refractivity contribution >= 4 is 17.6 Å². The zero-order chi connectivity index (χ0) is 17.8. The van der Waals surface area contributed by atoms with E-state index in [-0.39, 0.29) is 11.9 Å². The number of carbonyl (C=O) groups is 1. The van der Waals surface area contributed by atoms with Gasteiger partial charge >= 0.3 is 0 Å². The summed E-state index contributed by atoms with van der Waals surface area (Å²) in [5.74, 6) is 1.75. The summed E-state index contributed by atoms with van der Waals surface area (Å²) in [7, 11) is 0. The molecule has 0 aromatic carbocycles. The number of carbonyl (C=O) groups excluding carboxylic acids is 1. The fourth-order valence-corrected chi connectivity index (χ4v) is 3.09. The topological polar surface area (TPSA) is 83.3 Å². The second-order valence-electron chi connectivity index (χ2n) is 6.69. The Hall–Kier alpha value is -2.41. The lowest BCUT2D eigenvalue weighted by molar-refractivity contribution is -0.120. The van der Waals surface area contributed by atoms with Crippen molar-refractivity contribution in [3.8, 4) is 0 Å². The Morgan fingerprint density at radius 3 is 2.96 bits per heavy atom. The molecular formula is C18H25N5O2. The number of rotatable bonds is 6. The molecule has 25 heavy (non-hydrogen) atoms. The van der Waals surface area contributed by atoms with E-state index in [4.69, 9.17) is 4.52 Å². The van der Waals surface area contributed by atoms with Crippen molar-refractivity contribution in [1.82, 2.24) is 15.0 Å². The molecular weight excluding hydrogens is 318 g/mol. The number of aromatic nitrogens is 2. The summed E-state index contributed by atoms with van der Waals surface area (Å²) < 4.78 is 5.05. The van der Waals surface area contributed by atoms with Gasteiger partial charge in [-0.1, -0.05) is 11.2 Å². The molecule has 2 N–H and O–H groups in total.